The minimum Gasteiger partial charge on any atom is -0.390 e. The van der Waals surface area contributed by atoms with E-state index >= 15 is 0 Å². The molecule has 0 saturated heterocycles. The highest BCUT2D eigenvalue weighted by Gasteiger charge is 2.34. The Bertz CT molecular complexity index is 153. The molecule has 0 heterocycles. The predicted octanol–water partition coefficient (Wildman–Crippen LogP) is 2.18. The summed E-state index contributed by atoms with van der Waals surface area (Å²) in [4.78, 5) is 9.85. The Balaban J connectivity index is 2.23. The van der Waals surface area contributed by atoms with Gasteiger partial charge in [-0.05, 0) is 12.3 Å². The second-order valence-corrected chi connectivity index (χ2v) is 6.91. The SMILES string of the molecule is CO[Si](O)(CCC1CCCCC1)OC. The summed E-state index contributed by atoms with van der Waals surface area (Å²) >= 11 is 0. The molecule has 0 amide bonds. The lowest BCUT2D eigenvalue weighted by molar-refractivity contribution is 0.147. The van der Waals surface area contributed by atoms with Crippen molar-refractivity contribution in [1.82, 2.24) is 0 Å². The zero-order valence-corrected chi connectivity index (χ0v) is 10.3. The summed E-state index contributed by atoms with van der Waals surface area (Å²) in [6.07, 6.45) is 7.78. The van der Waals surface area contributed by atoms with E-state index in [0.717, 1.165) is 12.3 Å². The molecular weight excluding hydrogens is 196 g/mol. The van der Waals surface area contributed by atoms with Gasteiger partial charge in [0.2, 0.25) is 0 Å². The van der Waals surface area contributed by atoms with E-state index in [2.05, 4.69) is 0 Å². The first-order valence-electron chi connectivity index (χ1n) is 5.53. The maximum absolute atomic E-state index is 9.85. The molecule has 1 aliphatic carbocycles. The maximum atomic E-state index is 9.85. The largest absolute Gasteiger partial charge is 0.497 e. The Morgan fingerprint density at radius 1 is 1.14 bits per heavy atom. The monoisotopic (exact) mass is 218 g/mol. The van der Waals surface area contributed by atoms with Crippen LogP contribution in [0.1, 0.15) is 38.5 Å². The molecule has 0 radical (unpaired) electrons. The molecule has 0 atom stereocenters. The predicted molar refractivity (Wildman–Crippen MR) is 58.0 cm³/mol. The first-order chi connectivity index (χ1) is 6.70. The van der Waals surface area contributed by atoms with E-state index in [1.807, 2.05) is 0 Å². The van der Waals surface area contributed by atoms with Crippen molar-refractivity contribution < 1.29 is 13.6 Å². The van der Waals surface area contributed by atoms with Crippen LogP contribution in [0, 0.1) is 5.92 Å². The quantitative estimate of drug-likeness (QED) is 0.719. The van der Waals surface area contributed by atoms with E-state index in [4.69, 9.17) is 8.85 Å². The van der Waals surface area contributed by atoms with Gasteiger partial charge in [0, 0.05) is 20.3 Å². The van der Waals surface area contributed by atoms with E-state index in [1.165, 1.54) is 46.3 Å². The Kier molecular flexibility index (Phi) is 5.09. The van der Waals surface area contributed by atoms with Crippen molar-refractivity contribution in [3.8, 4) is 0 Å². The summed E-state index contributed by atoms with van der Waals surface area (Å²) in [7, 11) is 0.295. The van der Waals surface area contributed by atoms with Crippen LogP contribution in [-0.4, -0.2) is 27.8 Å². The lowest BCUT2D eigenvalue weighted by Gasteiger charge is -2.25. The van der Waals surface area contributed by atoms with Gasteiger partial charge in [-0.3, -0.25) is 0 Å². The normalized spacial score (nSPS) is 19.9. The van der Waals surface area contributed by atoms with Crippen LogP contribution in [0.3, 0.4) is 0 Å². The van der Waals surface area contributed by atoms with Crippen LogP contribution < -0.4 is 0 Å². The minimum absolute atomic E-state index is 0.713. The van der Waals surface area contributed by atoms with Crippen molar-refractivity contribution in [3.63, 3.8) is 0 Å². The van der Waals surface area contributed by atoms with Crippen molar-refractivity contribution in [2.24, 2.45) is 5.92 Å². The fraction of sp³-hybridized carbons (Fsp3) is 1.00. The van der Waals surface area contributed by atoms with Crippen LogP contribution in [0.4, 0.5) is 0 Å². The number of hydrogen-bond donors (Lipinski definition) is 1. The van der Waals surface area contributed by atoms with Crippen LogP contribution in [0.25, 0.3) is 0 Å². The molecule has 1 aliphatic rings. The molecule has 0 unspecified atom stereocenters. The topological polar surface area (TPSA) is 38.7 Å². The Morgan fingerprint density at radius 2 is 1.71 bits per heavy atom. The summed E-state index contributed by atoms with van der Waals surface area (Å²) in [5, 5.41) is 0. The highest BCUT2D eigenvalue weighted by Crippen LogP contribution is 2.29. The van der Waals surface area contributed by atoms with Crippen molar-refractivity contribution in [2.75, 3.05) is 14.2 Å². The number of hydrogen-bond acceptors (Lipinski definition) is 3. The van der Waals surface area contributed by atoms with Crippen molar-refractivity contribution in [3.05, 3.63) is 0 Å². The molecular formula is C10H22O3Si. The minimum atomic E-state index is -2.78. The molecule has 0 aliphatic heterocycles. The van der Waals surface area contributed by atoms with Crippen LogP contribution >= 0.6 is 0 Å². The standard InChI is InChI=1S/C10H22O3Si/c1-12-14(11,13-2)9-8-10-6-4-3-5-7-10/h10-11H,3-9H2,1-2H3. The van der Waals surface area contributed by atoms with Gasteiger partial charge in [0.15, 0.2) is 0 Å². The highest BCUT2D eigenvalue weighted by molar-refractivity contribution is 6.59. The van der Waals surface area contributed by atoms with E-state index in [0.29, 0.717) is 6.04 Å². The number of rotatable bonds is 5. The zero-order chi connectivity index (χ0) is 10.4. The van der Waals surface area contributed by atoms with Gasteiger partial charge in [-0.1, -0.05) is 32.1 Å². The fourth-order valence-corrected chi connectivity index (χ4v) is 3.50. The molecule has 0 aromatic heterocycles. The zero-order valence-electron chi connectivity index (χ0n) is 9.29. The fourth-order valence-electron chi connectivity index (χ4n) is 2.15. The van der Waals surface area contributed by atoms with Crippen LogP contribution in [-0.2, 0) is 8.85 Å². The molecule has 1 rings (SSSR count). The summed E-state index contributed by atoms with van der Waals surface area (Å²) in [5.41, 5.74) is 0. The average Bonchev–Trinajstić information content (AvgIpc) is 2.27. The smallest absolute Gasteiger partial charge is 0.390 e. The Morgan fingerprint density at radius 3 is 2.21 bits per heavy atom. The molecule has 1 N–H and O–H groups in total. The molecule has 0 aromatic carbocycles. The molecule has 0 spiro atoms. The highest BCUT2D eigenvalue weighted by atomic mass is 28.4. The molecule has 84 valence electrons. The molecule has 0 bridgehead atoms. The van der Waals surface area contributed by atoms with Gasteiger partial charge in [-0.2, -0.15) is 0 Å². The molecule has 1 fully saturated rings. The van der Waals surface area contributed by atoms with Gasteiger partial charge < -0.3 is 13.6 Å². The summed E-state index contributed by atoms with van der Waals surface area (Å²) in [6, 6.07) is 0.713. The van der Waals surface area contributed by atoms with Crippen molar-refractivity contribution >= 4 is 8.80 Å². The molecule has 14 heavy (non-hydrogen) atoms. The third-order valence-corrected chi connectivity index (χ3v) is 5.43. The first kappa shape index (κ1) is 12.2. The van der Waals surface area contributed by atoms with Gasteiger partial charge in [0.25, 0.3) is 0 Å². The molecule has 4 heteroatoms. The van der Waals surface area contributed by atoms with E-state index < -0.39 is 8.80 Å². The van der Waals surface area contributed by atoms with Gasteiger partial charge >= 0.3 is 8.80 Å². The summed E-state index contributed by atoms with van der Waals surface area (Å²) in [5.74, 6) is 0.785. The van der Waals surface area contributed by atoms with Crippen molar-refractivity contribution in [1.29, 1.82) is 0 Å². The van der Waals surface area contributed by atoms with Gasteiger partial charge in [0.1, 0.15) is 0 Å². The average molecular weight is 218 g/mol. The molecule has 3 nitrogen and oxygen atoms in total. The van der Waals surface area contributed by atoms with E-state index in [9.17, 15) is 4.80 Å². The summed E-state index contributed by atoms with van der Waals surface area (Å²) < 4.78 is 10.1. The molecule has 1 saturated carbocycles. The van der Waals surface area contributed by atoms with E-state index in [1.54, 1.807) is 0 Å². The summed E-state index contributed by atoms with van der Waals surface area (Å²) in [6.45, 7) is 0. The molecule has 0 aromatic rings. The maximum Gasteiger partial charge on any atom is 0.497 e. The first-order valence-corrected chi connectivity index (χ1v) is 7.50. The lowest BCUT2D eigenvalue weighted by Crippen LogP contribution is -2.40. The van der Waals surface area contributed by atoms with Crippen molar-refractivity contribution in [2.45, 2.75) is 44.6 Å². The lowest BCUT2D eigenvalue weighted by atomic mass is 9.88. The Hall–Kier alpha value is 0.0969. The van der Waals surface area contributed by atoms with Crippen LogP contribution in [0.5, 0.6) is 0 Å². The van der Waals surface area contributed by atoms with Gasteiger partial charge in [-0.25, -0.2) is 0 Å². The third kappa shape index (κ3) is 3.69. The third-order valence-electron chi connectivity index (χ3n) is 3.23. The second-order valence-electron chi connectivity index (χ2n) is 4.16. The van der Waals surface area contributed by atoms with E-state index in [-0.39, 0.29) is 0 Å². The Labute approximate surface area is 87.8 Å². The second kappa shape index (κ2) is 5.85. The van der Waals surface area contributed by atoms with Crippen LogP contribution in [0.15, 0.2) is 0 Å². The van der Waals surface area contributed by atoms with Gasteiger partial charge in [0.05, 0.1) is 0 Å². The van der Waals surface area contributed by atoms with Gasteiger partial charge in [-0.15, -0.1) is 0 Å². The van der Waals surface area contributed by atoms with Crippen LogP contribution in [0.2, 0.25) is 6.04 Å².